The van der Waals surface area contributed by atoms with E-state index in [1.54, 1.807) is 30.3 Å². The molecule has 2 N–H and O–H groups in total. The number of carbonyl (C=O) groups is 1. The third-order valence-corrected chi connectivity index (χ3v) is 5.44. The molecule has 1 aromatic heterocycles. The van der Waals surface area contributed by atoms with Gasteiger partial charge in [0.05, 0.1) is 11.1 Å². The first-order valence-corrected chi connectivity index (χ1v) is 9.41. The molecule has 2 aromatic carbocycles. The number of nitrogens with zero attached hydrogens (tertiary/aromatic N) is 1. The molecule has 0 radical (unpaired) electrons. The highest BCUT2D eigenvalue weighted by atomic mass is 35.5. The quantitative estimate of drug-likeness (QED) is 0.661. The third kappa shape index (κ3) is 4.21. The first kappa shape index (κ1) is 20.4. The number of hydrogen-bond donors (Lipinski definition) is 2. The largest absolute Gasteiger partial charge is 0.478 e. The number of carboxylic acid groups (broad SMARTS) is 1. The number of piperidine rings is 1. The van der Waals surface area contributed by atoms with E-state index in [2.05, 4.69) is 16.1 Å². The van der Waals surface area contributed by atoms with Crippen molar-refractivity contribution in [2.24, 2.45) is 5.92 Å². The summed E-state index contributed by atoms with van der Waals surface area (Å²) in [6, 6.07) is 12.1. The average Bonchev–Trinajstić information content (AvgIpc) is 3.01. The van der Waals surface area contributed by atoms with E-state index in [0.29, 0.717) is 17.7 Å². The second kappa shape index (κ2) is 8.76. The van der Waals surface area contributed by atoms with Gasteiger partial charge in [0.15, 0.2) is 0 Å². The van der Waals surface area contributed by atoms with E-state index in [9.17, 15) is 9.18 Å². The van der Waals surface area contributed by atoms with Gasteiger partial charge in [-0.2, -0.15) is 0 Å². The summed E-state index contributed by atoms with van der Waals surface area (Å²) in [6.07, 6.45) is 4.93. The van der Waals surface area contributed by atoms with Crippen LogP contribution in [0.3, 0.4) is 0 Å². The lowest BCUT2D eigenvalue weighted by Crippen LogP contribution is -2.29. The maximum absolute atomic E-state index is 14.6. The Morgan fingerprint density at radius 1 is 1.14 bits per heavy atom. The van der Waals surface area contributed by atoms with Gasteiger partial charge in [-0.05, 0) is 73.7 Å². The molecule has 0 saturated carbocycles. The van der Waals surface area contributed by atoms with Gasteiger partial charge in [0.1, 0.15) is 5.82 Å². The second-order valence-electron chi connectivity index (χ2n) is 7.31. The van der Waals surface area contributed by atoms with Crippen molar-refractivity contribution < 1.29 is 14.3 Å². The number of aromatic nitrogens is 1. The molecule has 1 saturated heterocycles. The molecule has 148 valence electrons. The Balaban J connectivity index is 0.00000225. The third-order valence-electron chi connectivity index (χ3n) is 5.44. The molecule has 0 spiro atoms. The number of aromatic carboxylic acids is 1. The molecule has 0 aliphatic carbocycles. The van der Waals surface area contributed by atoms with Crippen molar-refractivity contribution in [2.75, 3.05) is 13.1 Å². The molecule has 0 bridgehead atoms. The van der Waals surface area contributed by atoms with Crippen LogP contribution in [-0.4, -0.2) is 28.7 Å². The zero-order valence-electron chi connectivity index (χ0n) is 15.5. The topological polar surface area (TPSA) is 54.3 Å². The second-order valence-corrected chi connectivity index (χ2v) is 7.31. The lowest BCUT2D eigenvalue weighted by atomic mass is 9.98. The van der Waals surface area contributed by atoms with Gasteiger partial charge >= 0.3 is 5.97 Å². The van der Waals surface area contributed by atoms with Crippen LogP contribution in [0.5, 0.6) is 0 Å². The minimum Gasteiger partial charge on any atom is -0.478 e. The molecule has 3 aromatic rings. The van der Waals surface area contributed by atoms with E-state index in [4.69, 9.17) is 5.11 Å². The Bertz CT molecular complexity index is 963. The number of fused-ring (bicyclic) bond motifs is 1. The van der Waals surface area contributed by atoms with Crippen molar-refractivity contribution in [3.8, 4) is 0 Å². The van der Waals surface area contributed by atoms with Crippen LogP contribution in [0.25, 0.3) is 10.9 Å². The van der Waals surface area contributed by atoms with Crippen molar-refractivity contribution in [3.05, 3.63) is 71.2 Å². The van der Waals surface area contributed by atoms with Crippen LogP contribution in [0.2, 0.25) is 0 Å². The van der Waals surface area contributed by atoms with Gasteiger partial charge in [-0.25, -0.2) is 9.18 Å². The summed E-state index contributed by atoms with van der Waals surface area (Å²) >= 11 is 0. The molecule has 6 heteroatoms. The van der Waals surface area contributed by atoms with Gasteiger partial charge in [-0.15, -0.1) is 12.4 Å². The van der Waals surface area contributed by atoms with E-state index >= 15 is 0 Å². The highest BCUT2D eigenvalue weighted by molar-refractivity contribution is 5.88. The lowest BCUT2D eigenvalue weighted by Gasteiger charge is -2.23. The molecule has 28 heavy (non-hydrogen) atoms. The molecule has 2 heterocycles. The van der Waals surface area contributed by atoms with Crippen LogP contribution >= 0.6 is 12.4 Å². The van der Waals surface area contributed by atoms with E-state index < -0.39 is 5.97 Å². The van der Waals surface area contributed by atoms with E-state index in [-0.39, 0.29) is 23.8 Å². The predicted molar refractivity (Wildman–Crippen MR) is 111 cm³/mol. The fourth-order valence-electron chi connectivity index (χ4n) is 4.00. The first-order chi connectivity index (χ1) is 13.1. The smallest absolute Gasteiger partial charge is 0.335 e. The zero-order valence-corrected chi connectivity index (χ0v) is 16.3. The van der Waals surface area contributed by atoms with Crippen LogP contribution in [0.1, 0.15) is 34.3 Å². The molecule has 0 atom stereocenters. The normalized spacial score (nSPS) is 14.8. The van der Waals surface area contributed by atoms with Gasteiger partial charge in [0.25, 0.3) is 0 Å². The molecule has 4 rings (SSSR count). The van der Waals surface area contributed by atoms with Crippen molar-refractivity contribution >= 4 is 29.3 Å². The summed E-state index contributed by atoms with van der Waals surface area (Å²) in [5.74, 6) is -0.535. The molecule has 0 amide bonds. The Morgan fingerprint density at radius 3 is 2.54 bits per heavy atom. The highest BCUT2D eigenvalue weighted by Crippen LogP contribution is 2.28. The van der Waals surface area contributed by atoms with Crippen molar-refractivity contribution in [2.45, 2.75) is 25.8 Å². The number of carboxylic acids is 1. The molecule has 4 nitrogen and oxygen atoms in total. The molecule has 1 fully saturated rings. The van der Waals surface area contributed by atoms with Gasteiger partial charge in [0.2, 0.25) is 0 Å². The minimum absolute atomic E-state index is 0. The first-order valence-electron chi connectivity index (χ1n) is 9.41. The standard InChI is InChI=1S/C22H23FN2O2.ClH/c23-19-2-1-3-20-21(19)18(12-15-4-6-17(7-5-15)22(26)27)14-25(20)13-16-8-10-24-11-9-16;/h1-7,14,16,24H,8-13H2,(H,26,27);1H. The molecular formula is C22H24ClFN2O2. The Kier molecular flexibility index (Phi) is 6.37. The fourth-order valence-corrected chi connectivity index (χ4v) is 4.00. The minimum atomic E-state index is -0.939. The molecule has 0 unspecified atom stereocenters. The SMILES string of the molecule is Cl.O=C(O)c1ccc(Cc2cn(CC3CCNCC3)c3cccc(F)c23)cc1. The average molecular weight is 403 g/mol. The Hall–Kier alpha value is -2.37. The zero-order chi connectivity index (χ0) is 18.8. The number of hydrogen-bond acceptors (Lipinski definition) is 2. The van der Waals surface area contributed by atoms with E-state index in [1.165, 1.54) is 6.07 Å². The maximum atomic E-state index is 14.6. The fraction of sp³-hybridized carbons (Fsp3) is 0.318. The van der Waals surface area contributed by atoms with E-state index in [0.717, 1.165) is 49.1 Å². The summed E-state index contributed by atoms with van der Waals surface area (Å²) in [4.78, 5) is 11.0. The van der Waals surface area contributed by atoms with Gasteiger partial charge in [0, 0.05) is 18.1 Å². The lowest BCUT2D eigenvalue weighted by molar-refractivity contribution is 0.0697. The number of benzene rings is 2. The monoisotopic (exact) mass is 402 g/mol. The molecule has 1 aliphatic heterocycles. The van der Waals surface area contributed by atoms with Gasteiger partial charge < -0.3 is 15.0 Å². The van der Waals surface area contributed by atoms with Gasteiger partial charge in [-0.3, -0.25) is 0 Å². The molecule has 1 aliphatic rings. The van der Waals surface area contributed by atoms with E-state index in [1.807, 2.05) is 6.07 Å². The van der Waals surface area contributed by atoms with Crippen LogP contribution < -0.4 is 5.32 Å². The predicted octanol–water partition coefficient (Wildman–Crippen LogP) is 4.49. The summed E-state index contributed by atoms with van der Waals surface area (Å²) < 4.78 is 16.8. The van der Waals surface area contributed by atoms with Crippen LogP contribution in [0.15, 0.2) is 48.7 Å². The molecular weight excluding hydrogens is 379 g/mol. The van der Waals surface area contributed by atoms with Crippen molar-refractivity contribution in [3.63, 3.8) is 0 Å². The van der Waals surface area contributed by atoms with Crippen LogP contribution in [0, 0.1) is 11.7 Å². The van der Waals surface area contributed by atoms with Crippen LogP contribution in [-0.2, 0) is 13.0 Å². The Morgan fingerprint density at radius 2 is 1.86 bits per heavy atom. The maximum Gasteiger partial charge on any atom is 0.335 e. The Labute approximate surface area is 169 Å². The number of halogens is 2. The summed E-state index contributed by atoms with van der Waals surface area (Å²) in [5, 5.41) is 13.1. The van der Waals surface area contributed by atoms with Crippen molar-refractivity contribution in [1.29, 1.82) is 0 Å². The summed E-state index contributed by atoms with van der Waals surface area (Å²) in [5.41, 5.74) is 3.12. The highest BCUT2D eigenvalue weighted by Gasteiger charge is 2.18. The van der Waals surface area contributed by atoms with Crippen molar-refractivity contribution in [1.82, 2.24) is 9.88 Å². The number of rotatable bonds is 5. The van der Waals surface area contributed by atoms with Gasteiger partial charge in [-0.1, -0.05) is 18.2 Å². The van der Waals surface area contributed by atoms with Crippen LogP contribution in [0.4, 0.5) is 4.39 Å². The summed E-state index contributed by atoms with van der Waals surface area (Å²) in [6.45, 7) is 2.99. The number of nitrogens with one attached hydrogen (secondary N) is 1. The summed E-state index contributed by atoms with van der Waals surface area (Å²) in [7, 11) is 0.